The van der Waals surface area contributed by atoms with Gasteiger partial charge in [0.15, 0.2) is 4.34 Å². The Morgan fingerprint density at radius 1 is 1.07 bits per heavy atom. The maximum Gasteiger partial charge on any atom is 0.224 e. The molecule has 3 nitrogen and oxygen atoms in total. The minimum atomic E-state index is 0.00958. The quantitative estimate of drug-likeness (QED) is 0.324. The van der Waals surface area contributed by atoms with Crippen LogP contribution in [0.1, 0.15) is 29.7 Å². The average molecular weight is 439 g/mol. The van der Waals surface area contributed by atoms with Crippen LogP contribution in [0, 0.1) is 0 Å². The Kier molecular flexibility index (Phi) is 6.19. The van der Waals surface area contributed by atoms with Gasteiger partial charge in [0.25, 0.3) is 0 Å². The predicted molar refractivity (Wildman–Crippen MR) is 124 cm³/mol. The summed E-state index contributed by atoms with van der Waals surface area (Å²) in [6.45, 7) is 1.84. The van der Waals surface area contributed by atoms with Crippen LogP contribution >= 0.6 is 34.7 Å². The Morgan fingerprint density at radius 3 is 2.52 bits per heavy atom. The Bertz CT molecular complexity index is 1130. The smallest absolute Gasteiger partial charge is 0.224 e. The zero-order chi connectivity index (χ0) is 20.2. The number of aromatic nitrogens is 1. The zero-order valence-corrected chi connectivity index (χ0v) is 18.2. The van der Waals surface area contributed by atoms with Crippen LogP contribution in [0.3, 0.4) is 0 Å². The van der Waals surface area contributed by atoms with Gasteiger partial charge in [-0.15, -0.1) is 11.3 Å². The maximum atomic E-state index is 11.7. The number of hydrogen-bond donors (Lipinski definition) is 1. The number of thiazole rings is 1. The third-order valence-corrected chi connectivity index (χ3v) is 7.14. The zero-order valence-electron chi connectivity index (χ0n) is 15.8. The van der Waals surface area contributed by atoms with Crippen LogP contribution in [0.5, 0.6) is 0 Å². The highest BCUT2D eigenvalue weighted by Crippen LogP contribution is 2.43. The molecule has 0 fully saturated rings. The third-order valence-electron chi connectivity index (χ3n) is 4.47. The van der Waals surface area contributed by atoms with E-state index < -0.39 is 0 Å². The van der Waals surface area contributed by atoms with Crippen LogP contribution in [0.25, 0.3) is 10.2 Å². The average Bonchev–Trinajstić information content (AvgIpc) is 3.15. The molecule has 0 saturated heterocycles. The number of carbonyl (C=O) groups is 1. The van der Waals surface area contributed by atoms with E-state index >= 15 is 0 Å². The summed E-state index contributed by atoms with van der Waals surface area (Å²) in [6.07, 6.45) is 0.460. The summed E-state index contributed by atoms with van der Waals surface area (Å²) in [5.74, 6) is 0.00958. The largest absolute Gasteiger partial charge is 0.326 e. The number of halogens is 1. The summed E-state index contributed by atoms with van der Waals surface area (Å²) in [4.78, 5) is 16.5. The van der Waals surface area contributed by atoms with Gasteiger partial charge >= 0.3 is 0 Å². The molecule has 0 spiro atoms. The van der Waals surface area contributed by atoms with Gasteiger partial charge in [-0.1, -0.05) is 72.8 Å². The van der Waals surface area contributed by atoms with Gasteiger partial charge in [0.05, 0.1) is 15.5 Å². The highest BCUT2D eigenvalue weighted by molar-refractivity contribution is 8.01. The lowest BCUT2D eigenvalue weighted by Crippen LogP contribution is -2.08. The van der Waals surface area contributed by atoms with Crippen LogP contribution in [0.2, 0.25) is 5.02 Å². The molecule has 0 aliphatic rings. The van der Waals surface area contributed by atoms with E-state index in [1.165, 1.54) is 11.1 Å². The van der Waals surface area contributed by atoms with Crippen molar-refractivity contribution in [1.82, 2.24) is 4.98 Å². The summed E-state index contributed by atoms with van der Waals surface area (Å²) in [6, 6.07) is 24.2. The molecule has 4 rings (SSSR count). The first-order chi connectivity index (χ1) is 14.1. The lowest BCUT2D eigenvalue weighted by atomic mass is 10.0. The van der Waals surface area contributed by atoms with E-state index in [0.717, 1.165) is 25.3 Å². The topological polar surface area (TPSA) is 42.0 Å². The number of thioether (sulfide) groups is 1. The Labute approximate surface area is 183 Å². The molecule has 0 aliphatic carbocycles. The van der Waals surface area contributed by atoms with Gasteiger partial charge in [-0.3, -0.25) is 4.79 Å². The maximum absolute atomic E-state index is 11.7. The summed E-state index contributed by atoms with van der Waals surface area (Å²) < 4.78 is 2.05. The fraction of sp³-hybridized carbons (Fsp3) is 0.130. The second kappa shape index (κ2) is 8.99. The monoisotopic (exact) mass is 438 g/mol. The SMILES string of the molecule is CCC(=O)Nc1ccc2nc(SC(c3ccccc3)c3ccc(Cl)cc3)sc2c1. The highest BCUT2D eigenvalue weighted by Gasteiger charge is 2.18. The van der Waals surface area contributed by atoms with E-state index in [-0.39, 0.29) is 11.2 Å². The molecule has 1 N–H and O–H groups in total. The molecule has 0 radical (unpaired) electrons. The summed E-state index contributed by atoms with van der Waals surface area (Å²) in [5, 5.41) is 3.76. The van der Waals surface area contributed by atoms with Crippen LogP contribution in [0.4, 0.5) is 5.69 Å². The van der Waals surface area contributed by atoms with Crippen LogP contribution < -0.4 is 5.32 Å². The number of anilines is 1. The number of hydrogen-bond acceptors (Lipinski definition) is 4. The molecule has 0 aliphatic heterocycles. The van der Waals surface area contributed by atoms with Crippen molar-refractivity contribution in [2.75, 3.05) is 5.32 Å². The van der Waals surface area contributed by atoms with Gasteiger partial charge in [0.2, 0.25) is 5.91 Å². The molecule has 3 aromatic carbocycles. The lowest BCUT2D eigenvalue weighted by Gasteiger charge is -2.16. The van der Waals surface area contributed by atoms with Gasteiger partial charge in [0.1, 0.15) is 0 Å². The van der Waals surface area contributed by atoms with Crippen molar-refractivity contribution in [3.05, 3.63) is 88.9 Å². The number of amides is 1. The number of fused-ring (bicyclic) bond motifs is 1. The molecule has 29 heavy (non-hydrogen) atoms. The predicted octanol–water partition coefficient (Wildman–Crippen LogP) is 7.18. The summed E-state index contributed by atoms with van der Waals surface area (Å²) >= 11 is 9.46. The van der Waals surface area contributed by atoms with E-state index in [2.05, 4.69) is 41.7 Å². The van der Waals surface area contributed by atoms with Crippen LogP contribution in [-0.2, 0) is 4.79 Å². The Balaban J connectivity index is 1.65. The number of carbonyl (C=O) groups excluding carboxylic acids is 1. The van der Waals surface area contributed by atoms with E-state index in [4.69, 9.17) is 16.6 Å². The van der Waals surface area contributed by atoms with Crippen molar-refractivity contribution in [3.8, 4) is 0 Å². The van der Waals surface area contributed by atoms with Gasteiger partial charge < -0.3 is 5.32 Å². The molecule has 1 heterocycles. The van der Waals surface area contributed by atoms with Gasteiger partial charge in [0, 0.05) is 17.1 Å². The van der Waals surface area contributed by atoms with Crippen molar-refractivity contribution < 1.29 is 4.79 Å². The minimum Gasteiger partial charge on any atom is -0.326 e. The molecule has 1 unspecified atom stereocenters. The van der Waals surface area contributed by atoms with E-state index in [1.54, 1.807) is 23.1 Å². The second-order valence-electron chi connectivity index (χ2n) is 6.52. The first-order valence-electron chi connectivity index (χ1n) is 9.30. The Morgan fingerprint density at radius 2 is 1.79 bits per heavy atom. The number of nitrogens with zero attached hydrogens (tertiary/aromatic N) is 1. The van der Waals surface area contributed by atoms with Crippen molar-refractivity contribution in [2.24, 2.45) is 0 Å². The van der Waals surface area contributed by atoms with E-state index in [9.17, 15) is 4.79 Å². The summed E-state index contributed by atoms with van der Waals surface area (Å²) in [7, 11) is 0. The molecule has 0 bridgehead atoms. The lowest BCUT2D eigenvalue weighted by molar-refractivity contribution is -0.115. The minimum absolute atomic E-state index is 0.00958. The molecule has 1 aromatic heterocycles. The highest BCUT2D eigenvalue weighted by atomic mass is 35.5. The van der Waals surface area contributed by atoms with E-state index in [1.807, 2.05) is 43.3 Å². The molecule has 146 valence electrons. The molecule has 0 saturated carbocycles. The molecule has 1 amide bonds. The molecule has 1 atom stereocenters. The van der Waals surface area contributed by atoms with Gasteiger partial charge in [-0.2, -0.15) is 0 Å². The van der Waals surface area contributed by atoms with E-state index in [0.29, 0.717) is 6.42 Å². The summed E-state index contributed by atoms with van der Waals surface area (Å²) in [5.41, 5.74) is 4.15. The van der Waals surface area contributed by atoms with Gasteiger partial charge in [-0.05, 0) is 41.5 Å². The molecule has 6 heteroatoms. The fourth-order valence-corrected chi connectivity index (χ4v) is 5.53. The van der Waals surface area contributed by atoms with Crippen molar-refractivity contribution in [3.63, 3.8) is 0 Å². The molecular formula is C23H19ClN2OS2. The molecular weight excluding hydrogens is 420 g/mol. The van der Waals surface area contributed by atoms with Crippen molar-refractivity contribution in [1.29, 1.82) is 0 Å². The van der Waals surface area contributed by atoms with Crippen molar-refractivity contribution in [2.45, 2.75) is 22.9 Å². The fourth-order valence-electron chi connectivity index (χ4n) is 2.98. The molecule has 4 aromatic rings. The number of nitrogens with one attached hydrogen (secondary N) is 1. The van der Waals surface area contributed by atoms with Crippen molar-refractivity contribution >= 4 is 56.5 Å². The number of benzene rings is 3. The normalized spacial score (nSPS) is 12.1. The number of rotatable bonds is 6. The second-order valence-corrected chi connectivity index (χ2v) is 9.34. The van der Waals surface area contributed by atoms with Gasteiger partial charge in [-0.25, -0.2) is 4.98 Å². The first-order valence-corrected chi connectivity index (χ1v) is 11.4. The first kappa shape index (κ1) is 20.0. The standard InChI is InChI=1S/C23H19ClN2OS2/c1-2-21(27)25-18-12-13-19-20(14-18)28-23(26-19)29-22(15-6-4-3-5-7-15)16-8-10-17(24)11-9-16/h3-14,22H,2H2,1H3,(H,25,27). The third kappa shape index (κ3) is 4.81. The Hall–Kier alpha value is -2.34. The van der Waals surface area contributed by atoms with Crippen LogP contribution in [0.15, 0.2) is 77.1 Å². The van der Waals surface area contributed by atoms with Crippen LogP contribution in [-0.4, -0.2) is 10.9 Å².